The number of sulfonamides is 1. The maximum Gasteiger partial charge on any atom is 0.245 e. The maximum atomic E-state index is 13.5. The third kappa shape index (κ3) is 5.18. The smallest absolute Gasteiger partial charge is 0.245 e. The monoisotopic (exact) mass is 414 g/mol. The summed E-state index contributed by atoms with van der Waals surface area (Å²) in [6.45, 7) is 1.41. The summed E-state index contributed by atoms with van der Waals surface area (Å²) in [5.74, 6) is -0.833. The number of carbonyl (C=O) groups excluding carboxylic acids is 1. The van der Waals surface area contributed by atoms with Crippen molar-refractivity contribution in [2.45, 2.75) is 18.2 Å². The zero-order chi connectivity index (χ0) is 20.0. The number of ether oxygens (including phenoxy) is 1. The molecule has 0 heterocycles. The molecule has 0 radical (unpaired) electrons. The van der Waals surface area contributed by atoms with Gasteiger partial charge in [0, 0.05) is 6.54 Å². The molecule has 146 valence electrons. The lowest BCUT2D eigenvalue weighted by molar-refractivity contribution is -0.116. The molecule has 6 nitrogen and oxygen atoms in total. The molecule has 2 aromatic carbocycles. The highest BCUT2D eigenvalue weighted by Crippen LogP contribution is 2.26. The fraction of sp³-hybridized carbons (Fsp3) is 0.278. The third-order valence-electron chi connectivity index (χ3n) is 3.69. The van der Waals surface area contributed by atoms with Crippen molar-refractivity contribution in [2.24, 2.45) is 0 Å². The zero-order valence-electron chi connectivity index (χ0n) is 14.9. The molecule has 2 aromatic rings. The van der Waals surface area contributed by atoms with E-state index in [0.717, 1.165) is 16.4 Å². The molecule has 0 aliphatic heterocycles. The molecule has 0 unspecified atom stereocenters. The summed E-state index contributed by atoms with van der Waals surface area (Å²) < 4.78 is 45.4. The first-order valence-electron chi connectivity index (χ1n) is 8.17. The first-order valence-corrected chi connectivity index (χ1v) is 9.99. The number of benzene rings is 2. The Hall–Kier alpha value is -2.16. The van der Waals surface area contributed by atoms with Gasteiger partial charge in [-0.3, -0.25) is 4.79 Å². The second-order valence-electron chi connectivity index (χ2n) is 5.66. The number of halogens is 2. The standard InChI is InChI=1S/C18H20ClFN2O4S/c1-3-10-22(27(24,25)17-11-13(20)8-9-14(17)19)12-18(23)21-15-6-4-5-7-16(15)26-2/h4-9,11H,3,10,12H2,1-2H3,(H,21,23). The van der Waals surface area contributed by atoms with Gasteiger partial charge < -0.3 is 10.1 Å². The molecule has 2 rings (SSSR count). The highest BCUT2D eigenvalue weighted by Gasteiger charge is 2.28. The Morgan fingerprint density at radius 3 is 2.63 bits per heavy atom. The normalized spacial score (nSPS) is 11.4. The third-order valence-corrected chi connectivity index (χ3v) is 6.01. The van der Waals surface area contributed by atoms with E-state index in [1.165, 1.54) is 13.2 Å². The Kier molecular flexibility index (Phi) is 7.18. The van der Waals surface area contributed by atoms with E-state index in [4.69, 9.17) is 16.3 Å². The van der Waals surface area contributed by atoms with Gasteiger partial charge in [0.05, 0.1) is 24.4 Å². The fourth-order valence-corrected chi connectivity index (χ4v) is 4.42. The zero-order valence-corrected chi connectivity index (χ0v) is 16.5. The Morgan fingerprint density at radius 2 is 1.96 bits per heavy atom. The van der Waals surface area contributed by atoms with Crippen LogP contribution in [0.2, 0.25) is 5.02 Å². The van der Waals surface area contributed by atoms with E-state index >= 15 is 0 Å². The van der Waals surface area contributed by atoms with Crippen LogP contribution in [0, 0.1) is 5.82 Å². The minimum absolute atomic E-state index is 0.0779. The van der Waals surface area contributed by atoms with Gasteiger partial charge in [-0.05, 0) is 36.8 Å². The van der Waals surface area contributed by atoms with Crippen molar-refractivity contribution in [3.8, 4) is 5.75 Å². The van der Waals surface area contributed by atoms with Gasteiger partial charge in [-0.1, -0.05) is 30.7 Å². The molecule has 0 aliphatic rings. The number of nitrogens with one attached hydrogen (secondary N) is 1. The van der Waals surface area contributed by atoms with E-state index in [1.807, 2.05) is 0 Å². The van der Waals surface area contributed by atoms with Gasteiger partial charge >= 0.3 is 0 Å². The molecule has 1 N–H and O–H groups in total. The molecule has 1 amide bonds. The highest BCUT2D eigenvalue weighted by atomic mass is 35.5. The van der Waals surface area contributed by atoms with Crippen LogP contribution in [0.5, 0.6) is 5.75 Å². The van der Waals surface area contributed by atoms with Crippen LogP contribution in [0.1, 0.15) is 13.3 Å². The number of amides is 1. The van der Waals surface area contributed by atoms with E-state index in [9.17, 15) is 17.6 Å². The van der Waals surface area contributed by atoms with E-state index < -0.39 is 28.3 Å². The lowest BCUT2D eigenvalue weighted by Crippen LogP contribution is -2.38. The Bertz CT molecular complexity index is 921. The molecular weight excluding hydrogens is 395 g/mol. The molecule has 0 spiro atoms. The Labute approximate surface area is 162 Å². The number of para-hydroxylation sites is 2. The molecular formula is C18H20ClFN2O4S. The average Bonchev–Trinajstić information content (AvgIpc) is 2.63. The topological polar surface area (TPSA) is 75.7 Å². The van der Waals surface area contributed by atoms with Crippen LogP contribution in [0.15, 0.2) is 47.4 Å². The van der Waals surface area contributed by atoms with Crippen LogP contribution in [0.25, 0.3) is 0 Å². The fourth-order valence-electron chi connectivity index (χ4n) is 2.45. The van der Waals surface area contributed by atoms with E-state index in [-0.39, 0.29) is 16.5 Å². The lowest BCUT2D eigenvalue weighted by Gasteiger charge is -2.22. The van der Waals surface area contributed by atoms with Gasteiger partial charge in [0.2, 0.25) is 15.9 Å². The number of nitrogens with zero attached hydrogens (tertiary/aromatic N) is 1. The number of hydrogen-bond acceptors (Lipinski definition) is 4. The minimum Gasteiger partial charge on any atom is -0.495 e. The molecule has 0 saturated heterocycles. The number of hydrogen-bond donors (Lipinski definition) is 1. The number of methoxy groups -OCH3 is 1. The predicted octanol–water partition coefficient (Wildman–Crippen LogP) is 3.53. The van der Waals surface area contributed by atoms with Crippen molar-refractivity contribution in [3.05, 3.63) is 53.3 Å². The Balaban J connectivity index is 2.26. The summed E-state index contributed by atoms with van der Waals surface area (Å²) in [5.41, 5.74) is 0.419. The van der Waals surface area contributed by atoms with Gasteiger partial charge in [0.25, 0.3) is 0 Å². The van der Waals surface area contributed by atoms with Crippen LogP contribution in [-0.2, 0) is 14.8 Å². The SMILES string of the molecule is CCCN(CC(=O)Nc1ccccc1OC)S(=O)(=O)c1cc(F)ccc1Cl. The first-order chi connectivity index (χ1) is 12.8. The van der Waals surface area contributed by atoms with Crippen LogP contribution in [0.3, 0.4) is 0 Å². The summed E-state index contributed by atoms with van der Waals surface area (Å²) in [7, 11) is -2.69. The molecule has 0 aromatic heterocycles. The molecule has 0 saturated carbocycles. The van der Waals surface area contributed by atoms with Crippen LogP contribution in [0.4, 0.5) is 10.1 Å². The molecule has 9 heteroatoms. The van der Waals surface area contributed by atoms with Gasteiger partial charge in [-0.25, -0.2) is 12.8 Å². The molecule has 0 aliphatic carbocycles. The van der Waals surface area contributed by atoms with E-state index in [0.29, 0.717) is 17.9 Å². The van der Waals surface area contributed by atoms with Gasteiger partial charge in [-0.15, -0.1) is 0 Å². The molecule has 0 bridgehead atoms. The van der Waals surface area contributed by atoms with Gasteiger partial charge in [0.1, 0.15) is 16.5 Å². The van der Waals surface area contributed by atoms with Crippen molar-refractivity contribution in [2.75, 3.05) is 25.5 Å². The van der Waals surface area contributed by atoms with Crippen molar-refractivity contribution in [1.82, 2.24) is 4.31 Å². The van der Waals surface area contributed by atoms with Crippen molar-refractivity contribution < 1.29 is 22.3 Å². The second kappa shape index (κ2) is 9.16. The summed E-state index contributed by atoms with van der Waals surface area (Å²) in [5, 5.41) is 2.51. The number of carbonyl (C=O) groups is 1. The summed E-state index contributed by atoms with van der Waals surface area (Å²) in [6, 6.07) is 9.85. The van der Waals surface area contributed by atoms with E-state index in [1.54, 1.807) is 31.2 Å². The molecule has 27 heavy (non-hydrogen) atoms. The quantitative estimate of drug-likeness (QED) is 0.717. The summed E-state index contributed by atoms with van der Waals surface area (Å²) in [4.78, 5) is 12.0. The number of anilines is 1. The van der Waals surface area contributed by atoms with Crippen LogP contribution >= 0.6 is 11.6 Å². The van der Waals surface area contributed by atoms with Crippen molar-refractivity contribution in [3.63, 3.8) is 0 Å². The maximum absolute atomic E-state index is 13.5. The van der Waals surface area contributed by atoms with Gasteiger partial charge in [0.15, 0.2) is 0 Å². The van der Waals surface area contributed by atoms with Crippen LogP contribution in [-0.4, -0.2) is 38.8 Å². The van der Waals surface area contributed by atoms with Crippen LogP contribution < -0.4 is 10.1 Å². The highest BCUT2D eigenvalue weighted by molar-refractivity contribution is 7.89. The summed E-state index contributed by atoms with van der Waals surface area (Å²) in [6.07, 6.45) is 0.466. The Morgan fingerprint density at radius 1 is 1.26 bits per heavy atom. The van der Waals surface area contributed by atoms with Crippen molar-refractivity contribution in [1.29, 1.82) is 0 Å². The lowest BCUT2D eigenvalue weighted by atomic mass is 10.3. The minimum atomic E-state index is -4.15. The molecule has 0 fully saturated rings. The number of rotatable bonds is 8. The summed E-state index contributed by atoms with van der Waals surface area (Å²) >= 11 is 5.94. The van der Waals surface area contributed by atoms with Crippen molar-refractivity contribution >= 4 is 33.2 Å². The largest absolute Gasteiger partial charge is 0.495 e. The first kappa shape index (κ1) is 21.1. The van der Waals surface area contributed by atoms with Gasteiger partial charge in [-0.2, -0.15) is 4.31 Å². The second-order valence-corrected chi connectivity index (χ2v) is 7.98. The molecule has 0 atom stereocenters. The predicted molar refractivity (Wildman–Crippen MR) is 102 cm³/mol. The average molecular weight is 415 g/mol. The van der Waals surface area contributed by atoms with E-state index in [2.05, 4.69) is 5.32 Å².